The number of aliphatic hydroxyl groups excluding tert-OH is 1. The summed E-state index contributed by atoms with van der Waals surface area (Å²) in [6.45, 7) is 3.59. The van der Waals surface area contributed by atoms with Crippen molar-refractivity contribution in [3.8, 4) is 12.1 Å². The van der Waals surface area contributed by atoms with Crippen molar-refractivity contribution in [1.29, 1.82) is 10.5 Å². The van der Waals surface area contributed by atoms with E-state index in [-0.39, 0.29) is 35.5 Å². The average molecular weight is 429 g/mol. The molecule has 2 aliphatic rings. The number of hydrogen-bond acceptors (Lipinski definition) is 7. The minimum atomic E-state index is -0.372. The summed E-state index contributed by atoms with van der Waals surface area (Å²) in [7, 11) is 1.00. The molecule has 0 aromatic heterocycles. The van der Waals surface area contributed by atoms with Gasteiger partial charge in [0.25, 0.3) is 0 Å². The quantitative estimate of drug-likeness (QED) is 0.521. The molecular formula is C22H32N6O3. The summed E-state index contributed by atoms with van der Waals surface area (Å²) in [5.41, 5.74) is 11.7. The predicted molar refractivity (Wildman–Crippen MR) is 116 cm³/mol. The van der Waals surface area contributed by atoms with Crippen LogP contribution in [0.1, 0.15) is 18.4 Å². The zero-order valence-corrected chi connectivity index (χ0v) is 17.9. The van der Waals surface area contributed by atoms with Crippen molar-refractivity contribution in [2.45, 2.75) is 19.4 Å². The van der Waals surface area contributed by atoms with Crippen molar-refractivity contribution in [1.82, 2.24) is 10.2 Å². The van der Waals surface area contributed by atoms with Gasteiger partial charge in [-0.25, -0.2) is 0 Å². The molecule has 2 fully saturated rings. The number of likely N-dealkylation sites (tertiary alicyclic amines) is 1. The summed E-state index contributed by atoms with van der Waals surface area (Å²) in [5.74, 6) is -1.78. The molecular weight excluding hydrogens is 396 g/mol. The van der Waals surface area contributed by atoms with Gasteiger partial charge in [-0.15, -0.1) is 0 Å². The highest BCUT2D eigenvalue weighted by Crippen LogP contribution is 2.24. The number of nitriles is 2. The summed E-state index contributed by atoms with van der Waals surface area (Å²) in [6, 6.07) is 14.4. The lowest BCUT2D eigenvalue weighted by Gasteiger charge is -2.34. The molecule has 1 aromatic carbocycles. The largest absolute Gasteiger partial charge is 0.400 e. The SMILES string of the molecule is CO.N#C[C@@H]1CCN(Cc2ccccc2)C[C@H]1C(N)=O.N#C[C@@H]1CCNC[C@H]1C(N)=O. The maximum atomic E-state index is 11.4. The van der Waals surface area contributed by atoms with Gasteiger partial charge in [-0.05, 0) is 31.5 Å². The van der Waals surface area contributed by atoms with Crippen LogP contribution in [0.15, 0.2) is 30.3 Å². The first-order valence-corrected chi connectivity index (χ1v) is 10.3. The number of nitrogens with zero attached hydrogens (tertiary/aromatic N) is 3. The number of benzene rings is 1. The number of primary amides is 2. The lowest BCUT2D eigenvalue weighted by atomic mass is 9.86. The van der Waals surface area contributed by atoms with Gasteiger partial charge in [0.1, 0.15) is 0 Å². The molecule has 9 nitrogen and oxygen atoms in total. The summed E-state index contributed by atoms with van der Waals surface area (Å²) >= 11 is 0. The Kier molecular flexibility index (Phi) is 11.9. The number of piperidine rings is 2. The van der Waals surface area contributed by atoms with Crippen LogP contribution in [0.2, 0.25) is 0 Å². The van der Waals surface area contributed by atoms with Crippen LogP contribution < -0.4 is 16.8 Å². The van der Waals surface area contributed by atoms with Gasteiger partial charge in [-0.1, -0.05) is 30.3 Å². The maximum Gasteiger partial charge on any atom is 0.223 e. The predicted octanol–water partition coefficient (Wildman–Crippen LogP) is -0.0369. The van der Waals surface area contributed by atoms with Crippen molar-refractivity contribution in [3.63, 3.8) is 0 Å². The van der Waals surface area contributed by atoms with Gasteiger partial charge in [0, 0.05) is 26.7 Å². The highest BCUT2D eigenvalue weighted by molar-refractivity contribution is 5.78. The van der Waals surface area contributed by atoms with Crippen LogP contribution in [0, 0.1) is 46.3 Å². The minimum absolute atomic E-state index is 0.186. The summed E-state index contributed by atoms with van der Waals surface area (Å²) in [6.07, 6.45) is 1.45. The number of amides is 2. The fraction of sp³-hybridized carbons (Fsp3) is 0.545. The van der Waals surface area contributed by atoms with Gasteiger partial charge in [0.05, 0.1) is 35.8 Å². The van der Waals surface area contributed by atoms with E-state index < -0.39 is 0 Å². The molecule has 2 heterocycles. The molecule has 0 saturated carbocycles. The second-order valence-corrected chi connectivity index (χ2v) is 7.49. The third kappa shape index (κ3) is 8.35. The molecule has 31 heavy (non-hydrogen) atoms. The molecule has 168 valence electrons. The van der Waals surface area contributed by atoms with Gasteiger partial charge in [-0.3, -0.25) is 14.5 Å². The van der Waals surface area contributed by atoms with Crippen molar-refractivity contribution in [2.24, 2.45) is 35.1 Å². The standard InChI is InChI=1S/C14H17N3O.C7H11N3O.CH4O/c15-8-12-6-7-17(10-13(12)14(16)18)9-11-4-2-1-3-5-11;8-3-5-1-2-10-4-6(5)7(9)11;1-2/h1-5,12-13H,6-7,9-10H2,(H2,16,18);5-6,10H,1-2,4H2,(H2,9,11);2H,1H3/t12-,13+;5-,6+;/m00./s1. The molecule has 6 N–H and O–H groups in total. The van der Waals surface area contributed by atoms with Crippen molar-refractivity contribution >= 4 is 11.8 Å². The van der Waals surface area contributed by atoms with E-state index >= 15 is 0 Å². The van der Waals surface area contributed by atoms with Crippen LogP contribution in [0.4, 0.5) is 0 Å². The third-order valence-electron chi connectivity index (χ3n) is 5.49. The van der Waals surface area contributed by atoms with Gasteiger partial charge >= 0.3 is 0 Å². The Bertz CT molecular complexity index is 774. The molecule has 9 heteroatoms. The van der Waals surface area contributed by atoms with Crippen molar-refractivity contribution in [2.75, 3.05) is 33.3 Å². The van der Waals surface area contributed by atoms with E-state index in [1.165, 1.54) is 5.56 Å². The van der Waals surface area contributed by atoms with E-state index in [4.69, 9.17) is 27.1 Å². The van der Waals surface area contributed by atoms with Crippen molar-refractivity contribution < 1.29 is 14.7 Å². The number of aliphatic hydroxyl groups is 1. The van der Waals surface area contributed by atoms with Gasteiger partial charge in [-0.2, -0.15) is 10.5 Å². The monoisotopic (exact) mass is 428 g/mol. The Balaban J connectivity index is 0.000000317. The summed E-state index contributed by atoms with van der Waals surface area (Å²) in [4.78, 5) is 24.3. The molecule has 1 aromatic rings. The first kappa shape index (κ1) is 26.1. The molecule has 2 saturated heterocycles. The van der Waals surface area contributed by atoms with E-state index in [1.807, 2.05) is 18.2 Å². The Morgan fingerprint density at radius 2 is 1.65 bits per heavy atom. The van der Waals surface area contributed by atoms with Gasteiger partial charge in [0.2, 0.25) is 11.8 Å². The van der Waals surface area contributed by atoms with Gasteiger partial charge in [0.15, 0.2) is 0 Å². The lowest BCUT2D eigenvalue weighted by Crippen LogP contribution is -2.45. The first-order chi connectivity index (χ1) is 15.0. The Hall–Kier alpha value is -2.98. The molecule has 3 rings (SSSR count). The molecule has 0 radical (unpaired) electrons. The lowest BCUT2D eigenvalue weighted by molar-refractivity contribution is -0.125. The van der Waals surface area contributed by atoms with E-state index in [9.17, 15) is 9.59 Å². The molecule has 0 spiro atoms. The van der Waals surface area contributed by atoms with Crippen LogP contribution >= 0.6 is 0 Å². The molecule has 2 aliphatic heterocycles. The highest BCUT2D eigenvalue weighted by Gasteiger charge is 2.33. The number of carbonyl (C=O) groups is 2. The van der Waals surface area contributed by atoms with E-state index in [0.29, 0.717) is 13.1 Å². The van der Waals surface area contributed by atoms with E-state index in [1.54, 1.807) is 0 Å². The normalized spacial score (nSPS) is 25.3. The average Bonchev–Trinajstić information content (AvgIpc) is 2.81. The fourth-order valence-electron chi connectivity index (χ4n) is 3.76. The Morgan fingerprint density at radius 3 is 2.16 bits per heavy atom. The zero-order chi connectivity index (χ0) is 23.2. The van der Waals surface area contributed by atoms with Crippen LogP contribution in [0.3, 0.4) is 0 Å². The van der Waals surface area contributed by atoms with Gasteiger partial charge < -0.3 is 21.9 Å². The maximum absolute atomic E-state index is 11.4. The number of nitrogens with one attached hydrogen (secondary N) is 1. The topological polar surface area (TPSA) is 169 Å². The van der Waals surface area contributed by atoms with Crippen LogP contribution in [-0.2, 0) is 16.1 Å². The van der Waals surface area contributed by atoms with Crippen LogP contribution in [-0.4, -0.2) is 55.1 Å². The highest BCUT2D eigenvalue weighted by atomic mass is 16.2. The molecule has 0 unspecified atom stereocenters. The number of rotatable bonds is 4. The fourth-order valence-corrected chi connectivity index (χ4v) is 3.76. The summed E-state index contributed by atoms with van der Waals surface area (Å²) in [5, 5.41) is 27.7. The van der Waals surface area contributed by atoms with Crippen LogP contribution in [0.5, 0.6) is 0 Å². The zero-order valence-electron chi connectivity index (χ0n) is 17.9. The minimum Gasteiger partial charge on any atom is -0.400 e. The molecule has 4 atom stereocenters. The summed E-state index contributed by atoms with van der Waals surface area (Å²) < 4.78 is 0. The molecule has 2 amide bonds. The number of nitrogens with two attached hydrogens (primary N) is 2. The molecule has 0 aliphatic carbocycles. The third-order valence-corrected chi connectivity index (χ3v) is 5.49. The second kappa shape index (κ2) is 14.1. The second-order valence-electron chi connectivity index (χ2n) is 7.49. The first-order valence-electron chi connectivity index (χ1n) is 10.3. The van der Waals surface area contributed by atoms with E-state index in [2.05, 4.69) is 34.5 Å². The number of hydrogen-bond donors (Lipinski definition) is 4. The number of carbonyl (C=O) groups excluding carboxylic acids is 2. The molecule has 0 bridgehead atoms. The Labute approximate surface area is 183 Å². The Morgan fingerprint density at radius 1 is 1.06 bits per heavy atom. The van der Waals surface area contributed by atoms with Crippen molar-refractivity contribution in [3.05, 3.63) is 35.9 Å². The smallest absolute Gasteiger partial charge is 0.223 e. The van der Waals surface area contributed by atoms with E-state index in [0.717, 1.165) is 39.6 Å². The van der Waals surface area contributed by atoms with Crippen LogP contribution in [0.25, 0.3) is 0 Å².